The highest BCUT2D eigenvalue weighted by Gasteiger charge is 2.43. The number of aromatic nitrogens is 1. The molecule has 116 valence electrons. The van der Waals surface area contributed by atoms with Gasteiger partial charge in [0.15, 0.2) is 0 Å². The number of likely N-dealkylation sites (tertiary alicyclic amines) is 1. The Balaban J connectivity index is 1.35. The lowest BCUT2D eigenvalue weighted by molar-refractivity contribution is -0.0448. The summed E-state index contributed by atoms with van der Waals surface area (Å²) in [5.74, 6) is 0.508. The SMILES string of the molecule is c1cncc([C@@H]2COC3(CCN(Cc4ccoc4)CC3)C2)c1. The second kappa shape index (κ2) is 5.86. The molecule has 0 bridgehead atoms. The molecule has 0 aromatic carbocycles. The summed E-state index contributed by atoms with van der Waals surface area (Å²) >= 11 is 0. The lowest BCUT2D eigenvalue weighted by Crippen LogP contribution is -2.43. The van der Waals surface area contributed by atoms with E-state index in [1.54, 1.807) is 6.26 Å². The first-order valence-corrected chi connectivity index (χ1v) is 8.10. The lowest BCUT2D eigenvalue weighted by Gasteiger charge is -2.38. The average molecular weight is 298 g/mol. The summed E-state index contributed by atoms with van der Waals surface area (Å²) in [6, 6.07) is 6.25. The molecular formula is C18H22N2O2. The quantitative estimate of drug-likeness (QED) is 0.872. The van der Waals surface area contributed by atoms with Crippen LogP contribution in [-0.4, -0.2) is 35.2 Å². The van der Waals surface area contributed by atoms with Crippen molar-refractivity contribution in [2.45, 2.75) is 37.3 Å². The molecule has 2 aliphatic rings. The summed E-state index contributed by atoms with van der Waals surface area (Å²) in [6.07, 6.45) is 10.8. The molecule has 2 saturated heterocycles. The van der Waals surface area contributed by atoms with Gasteiger partial charge in [-0.05, 0) is 37.0 Å². The smallest absolute Gasteiger partial charge is 0.0947 e. The number of nitrogens with zero attached hydrogens (tertiary/aromatic N) is 2. The predicted octanol–water partition coefficient (Wildman–Crippen LogP) is 3.21. The maximum Gasteiger partial charge on any atom is 0.0947 e. The van der Waals surface area contributed by atoms with Gasteiger partial charge >= 0.3 is 0 Å². The zero-order chi connectivity index (χ0) is 14.8. The molecular weight excluding hydrogens is 276 g/mol. The molecule has 0 unspecified atom stereocenters. The van der Waals surface area contributed by atoms with E-state index in [0.29, 0.717) is 5.92 Å². The van der Waals surface area contributed by atoms with Crippen molar-refractivity contribution < 1.29 is 9.15 Å². The van der Waals surface area contributed by atoms with Crippen LogP contribution in [0.5, 0.6) is 0 Å². The van der Waals surface area contributed by atoms with Gasteiger partial charge in [-0.2, -0.15) is 0 Å². The van der Waals surface area contributed by atoms with Crippen LogP contribution in [0.15, 0.2) is 47.5 Å². The van der Waals surface area contributed by atoms with E-state index in [9.17, 15) is 0 Å². The van der Waals surface area contributed by atoms with Crippen molar-refractivity contribution in [1.82, 2.24) is 9.88 Å². The number of pyridine rings is 1. The van der Waals surface area contributed by atoms with Gasteiger partial charge in [-0.25, -0.2) is 0 Å². The minimum absolute atomic E-state index is 0.0907. The van der Waals surface area contributed by atoms with Gasteiger partial charge in [-0.15, -0.1) is 0 Å². The van der Waals surface area contributed by atoms with Crippen molar-refractivity contribution in [1.29, 1.82) is 0 Å². The third-order valence-corrected chi connectivity index (χ3v) is 5.12. The fourth-order valence-corrected chi connectivity index (χ4v) is 3.78. The number of ether oxygens (including phenoxy) is 1. The van der Waals surface area contributed by atoms with Crippen LogP contribution >= 0.6 is 0 Å². The summed E-state index contributed by atoms with van der Waals surface area (Å²) in [5.41, 5.74) is 2.67. The van der Waals surface area contributed by atoms with Crippen molar-refractivity contribution >= 4 is 0 Å². The lowest BCUT2D eigenvalue weighted by atomic mass is 9.83. The second-order valence-electron chi connectivity index (χ2n) is 6.59. The standard InChI is InChI=1S/C18H22N2O2/c1-2-16(11-19-6-1)17-10-18(22-14-17)4-7-20(8-5-18)12-15-3-9-21-13-15/h1-3,6,9,11,13,17H,4-5,7-8,10,12,14H2/t17-/m0/s1. The largest absolute Gasteiger partial charge is 0.472 e. The third kappa shape index (κ3) is 2.81. The Bertz CT molecular complexity index is 589. The summed E-state index contributed by atoms with van der Waals surface area (Å²) in [7, 11) is 0. The average Bonchev–Trinajstić information content (AvgIpc) is 3.21. The van der Waals surface area contributed by atoms with E-state index in [0.717, 1.165) is 45.5 Å². The Labute approximate surface area is 131 Å². The van der Waals surface area contributed by atoms with E-state index < -0.39 is 0 Å². The van der Waals surface area contributed by atoms with E-state index in [1.807, 2.05) is 24.7 Å². The number of piperidine rings is 1. The highest BCUT2D eigenvalue weighted by atomic mass is 16.5. The molecule has 1 atom stereocenters. The first-order chi connectivity index (χ1) is 10.8. The zero-order valence-corrected chi connectivity index (χ0v) is 12.8. The molecule has 4 heteroatoms. The van der Waals surface area contributed by atoms with E-state index in [1.165, 1.54) is 11.1 Å². The van der Waals surface area contributed by atoms with Gasteiger partial charge < -0.3 is 9.15 Å². The van der Waals surface area contributed by atoms with Crippen LogP contribution in [0.1, 0.15) is 36.3 Å². The molecule has 2 fully saturated rings. The van der Waals surface area contributed by atoms with E-state index >= 15 is 0 Å². The molecule has 0 radical (unpaired) electrons. The van der Waals surface area contributed by atoms with Crippen LogP contribution in [0.3, 0.4) is 0 Å². The monoisotopic (exact) mass is 298 g/mol. The fourth-order valence-electron chi connectivity index (χ4n) is 3.78. The first-order valence-electron chi connectivity index (χ1n) is 8.10. The minimum atomic E-state index is 0.0907. The maximum absolute atomic E-state index is 6.26. The Hall–Kier alpha value is -1.65. The maximum atomic E-state index is 6.26. The number of hydrogen-bond acceptors (Lipinski definition) is 4. The molecule has 22 heavy (non-hydrogen) atoms. The molecule has 0 aliphatic carbocycles. The highest BCUT2D eigenvalue weighted by Crippen LogP contribution is 2.42. The van der Waals surface area contributed by atoms with Crippen molar-refractivity contribution in [3.63, 3.8) is 0 Å². The van der Waals surface area contributed by atoms with Crippen molar-refractivity contribution in [3.8, 4) is 0 Å². The molecule has 4 heterocycles. The van der Waals surface area contributed by atoms with Gasteiger partial charge in [0.2, 0.25) is 0 Å². The van der Waals surface area contributed by atoms with E-state index in [-0.39, 0.29) is 5.60 Å². The topological polar surface area (TPSA) is 38.5 Å². The van der Waals surface area contributed by atoms with Gasteiger partial charge in [0.1, 0.15) is 0 Å². The van der Waals surface area contributed by atoms with Gasteiger partial charge in [0.05, 0.1) is 24.7 Å². The summed E-state index contributed by atoms with van der Waals surface area (Å²) in [5, 5.41) is 0. The van der Waals surface area contributed by atoms with Gasteiger partial charge in [-0.3, -0.25) is 9.88 Å². The van der Waals surface area contributed by atoms with Gasteiger partial charge in [0, 0.05) is 43.5 Å². The molecule has 2 aromatic heterocycles. The van der Waals surface area contributed by atoms with Crippen LogP contribution in [0.2, 0.25) is 0 Å². The minimum Gasteiger partial charge on any atom is -0.472 e. The third-order valence-electron chi connectivity index (χ3n) is 5.12. The normalized spacial score (nSPS) is 24.8. The summed E-state index contributed by atoms with van der Waals surface area (Å²) < 4.78 is 11.4. The molecule has 2 aliphatic heterocycles. The van der Waals surface area contributed by atoms with Gasteiger partial charge in [0.25, 0.3) is 0 Å². The van der Waals surface area contributed by atoms with Crippen molar-refractivity contribution in [2.24, 2.45) is 0 Å². The Morgan fingerprint density at radius 1 is 1.27 bits per heavy atom. The molecule has 2 aromatic rings. The number of rotatable bonds is 3. The molecule has 4 nitrogen and oxygen atoms in total. The van der Waals surface area contributed by atoms with Crippen LogP contribution in [0.4, 0.5) is 0 Å². The molecule has 1 spiro atoms. The highest BCUT2D eigenvalue weighted by molar-refractivity contribution is 5.18. The summed E-state index contributed by atoms with van der Waals surface area (Å²) in [4.78, 5) is 6.74. The Morgan fingerprint density at radius 3 is 2.91 bits per heavy atom. The predicted molar refractivity (Wildman–Crippen MR) is 83.5 cm³/mol. The zero-order valence-electron chi connectivity index (χ0n) is 12.8. The Kier molecular flexibility index (Phi) is 3.72. The van der Waals surface area contributed by atoms with Crippen molar-refractivity contribution in [2.75, 3.05) is 19.7 Å². The summed E-state index contributed by atoms with van der Waals surface area (Å²) in [6.45, 7) is 4.03. The van der Waals surface area contributed by atoms with E-state index in [4.69, 9.17) is 9.15 Å². The molecule has 4 rings (SSSR count). The molecule has 0 N–H and O–H groups in total. The molecule has 0 saturated carbocycles. The van der Waals surface area contributed by atoms with Crippen LogP contribution in [-0.2, 0) is 11.3 Å². The van der Waals surface area contributed by atoms with Crippen LogP contribution < -0.4 is 0 Å². The van der Waals surface area contributed by atoms with Crippen LogP contribution in [0, 0.1) is 0 Å². The Morgan fingerprint density at radius 2 is 2.18 bits per heavy atom. The number of furan rings is 1. The van der Waals surface area contributed by atoms with E-state index in [2.05, 4.69) is 22.0 Å². The second-order valence-corrected chi connectivity index (χ2v) is 6.59. The first kappa shape index (κ1) is 14.0. The molecule has 0 amide bonds. The van der Waals surface area contributed by atoms with Crippen molar-refractivity contribution in [3.05, 3.63) is 54.2 Å². The number of hydrogen-bond donors (Lipinski definition) is 0. The van der Waals surface area contributed by atoms with Crippen LogP contribution in [0.25, 0.3) is 0 Å². The van der Waals surface area contributed by atoms with Gasteiger partial charge in [-0.1, -0.05) is 6.07 Å². The fraction of sp³-hybridized carbons (Fsp3) is 0.500.